The van der Waals surface area contributed by atoms with Crippen LogP contribution in [0.2, 0.25) is 5.02 Å². The van der Waals surface area contributed by atoms with Crippen molar-refractivity contribution in [2.45, 2.75) is 0 Å². The van der Waals surface area contributed by atoms with Crippen LogP contribution in [0.3, 0.4) is 0 Å². The van der Waals surface area contributed by atoms with Gasteiger partial charge in [-0.2, -0.15) is 0 Å². The number of benzene rings is 2. The van der Waals surface area contributed by atoms with Gasteiger partial charge in [-0.05, 0) is 29.8 Å². The summed E-state index contributed by atoms with van der Waals surface area (Å²) in [5, 5.41) is 3.43. The van der Waals surface area contributed by atoms with Crippen LogP contribution in [-0.4, -0.2) is 7.05 Å². The maximum Gasteiger partial charge on any atom is 0.132 e. The van der Waals surface area contributed by atoms with E-state index in [1.54, 1.807) is 12.1 Å². The molecule has 1 N–H and O–H groups in total. The molecule has 0 aliphatic heterocycles. The Kier molecular flexibility index (Phi) is 3.11. The lowest BCUT2D eigenvalue weighted by atomic mass is 10.0. The van der Waals surface area contributed by atoms with Gasteiger partial charge in [-0.1, -0.05) is 29.8 Å². The van der Waals surface area contributed by atoms with Gasteiger partial charge in [0.15, 0.2) is 0 Å². The van der Waals surface area contributed by atoms with Gasteiger partial charge in [-0.3, -0.25) is 0 Å². The molecule has 0 fully saturated rings. The largest absolute Gasteiger partial charge is 0.388 e. The van der Waals surface area contributed by atoms with Gasteiger partial charge >= 0.3 is 0 Å². The average Bonchev–Trinajstić information content (AvgIpc) is 2.29. The normalized spacial score (nSPS) is 10.2. The van der Waals surface area contributed by atoms with E-state index in [0.29, 0.717) is 10.6 Å². The SMILES string of the molecule is CNc1cccc(-c2c(F)cccc2Cl)c1. The molecule has 0 atom stereocenters. The molecule has 2 aromatic rings. The molecule has 2 rings (SSSR count). The molecule has 0 aromatic heterocycles. The van der Waals surface area contributed by atoms with Gasteiger partial charge in [0.2, 0.25) is 0 Å². The molecular formula is C13H11ClFN. The molecule has 0 aliphatic rings. The number of halogens is 2. The van der Waals surface area contributed by atoms with Crippen LogP contribution >= 0.6 is 11.6 Å². The van der Waals surface area contributed by atoms with Crippen molar-refractivity contribution in [2.75, 3.05) is 12.4 Å². The summed E-state index contributed by atoms with van der Waals surface area (Å²) in [7, 11) is 1.82. The van der Waals surface area contributed by atoms with E-state index in [0.717, 1.165) is 11.3 Å². The van der Waals surface area contributed by atoms with Crippen LogP contribution in [0.15, 0.2) is 42.5 Å². The minimum Gasteiger partial charge on any atom is -0.388 e. The number of hydrogen-bond donors (Lipinski definition) is 1. The van der Waals surface area contributed by atoms with Gasteiger partial charge in [0, 0.05) is 18.3 Å². The molecule has 1 nitrogen and oxygen atoms in total. The number of hydrogen-bond acceptors (Lipinski definition) is 1. The summed E-state index contributed by atoms with van der Waals surface area (Å²) in [6.45, 7) is 0. The smallest absolute Gasteiger partial charge is 0.132 e. The molecule has 0 heterocycles. The molecule has 16 heavy (non-hydrogen) atoms. The Morgan fingerprint density at radius 2 is 1.88 bits per heavy atom. The molecule has 3 heteroatoms. The quantitative estimate of drug-likeness (QED) is 0.823. The Balaban J connectivity index is 2.58. The van der Waals surface area contributed by atoms with Gasteiger partial charge in [0.1, 0.15) is 5.82 Å². The molecule has 0 amide bonds. The van der Waals surface area contributed by atoms with Crippen molar-refractivity contribution in [1.82, 2.24) is 0 Å². The minimum absolute atomic E-state index is 0.305. The van der Waals surface area contributed by atoms with E-state index >= 15 is 0 Å². The standard InChI is InChI=1S/C13H11ClFN/c1-16-10-5-2-4-9(8-10)13-11(14)6-3-7-12(13)15/h2-8,16H,1H3. The second-order valence-electron chi connectivity index (χ2n) is 3.43. The van der Waals surface area contributed by atoms with Crippen molar-refractivity contribution in [2.24, 2.45) is 0 Å². The molecule has 0 unspecified atom stereocenters. The zero-order chi connectivity index (χ0) is 11.5. The highest BCUT2D eigenvalue weighted by molar-refractivity contribution is 6.33. The van der Waals surface area contributed by atoms with Crippen LogP contribution in [0.4, 0.5) is 10.1 Å². The molecule has 0 radical (unpaired) electrons. The molecule has 0 bridgehead atoms. The molecular weight excluding hydrogens is 225 g/mol. The van der Waals surface area contributed by atoms with Crippen molar-refractivity contribution in [3.05, 3.63) is 53.3 Å². The Labute approximate surface area is 98.9 Å². The summed E-state index contributed by atoms with van der Waals surface area (Å²) in [6, 6.07) is 12.2. The predicted molar refractivity (Wildman–Crippen MR) is 66.4 cm³/mol. The Bertz CT molecular complexity index is 491. The van der Waals surface area contributed by atoms with Crippen molar-refractivity contribution in [3.63, 3.8) is 0 Å². The van der Waals surface area contributed by atoms with E-state index in [4.69, 9.17) is 11.6 Å². The second kappa shape index (κ2) is 4.54. The third kappa shape index (κ3) is 2.02. The molecule has 0 aliphatic carbocycles. The van der Waals surface area contributed by atoms with Gasteiger partial charge in [-0.25, -0.2) is 4.39 Å². The highest BCUT2D eigenvalue weighted by atomic mass is 35.5. The van der Waals surface area contributed by atoms with E-state index < -0.39 is 0 Å². The maximum atomic E-state index is 13.7. The van der Waals surface area contributed by atoms with Crippen LogP contribution in [-0.2, 0) is 0 Å². The van der Waals surface area contributed by atoms with Gasteiger partial charge < -0.3 is 5.32 Å². The van der Waals surface area contributed by atoms with E-state index in [1.807, 2.05) is 31.3 Å². The van der Waals surface area contributed by atoms with Crippen LogP contribution in [0.5, 0.6) is 0 Å². The van der Waals surface area contributed by atoms with Crippen molar-refractivity contribution in [3.8, 4) is 11.1 Å². The summed E-state index contributed by atoms with van der Waals surface area (Å²) in [6.07, 6.45) is 0. The third-order valence-electron chi connectivity index (χ3n) is 2.40. The summed E-state index contributed by atoms with van der Waals surface area (Å²) in [4.78, 5) is 0. The lowest BCUT2D eigenvalue weighted by Gasteiger charge is -2.08. The fourth-order valence-electron chi connectivity index (χ4n) is 1.60. The van der Waals surface area contributed by atoms with Crippen LogP contribution in [0, 0.1) is 5.82 Å². The lowest BCUT2D eigenvalue weighted by Crippen LogP contribution is -1.90. The van der Waals surface area contributed by atoms with E-state index in [2.05, 4.69) is 5.32 Å². The van der Waals surface area contributed by atoms with Gasteiger partial charge in [0.05, 0.1) is 5.02 Å². The fraction of sp³-hybridized carbons (Fsp3) is 0.0769. The average molecular weight is 236 g/mol. The summed E-state index contributed by atoms with van der Waals surface area (Å²) < 4.78 is 13.7. The summed E-state index contributed by atoms with van der Waals surface area (Å²) >= 11 is 6.00. The molecule has 82 valence electrons. The predicted octanol–water partition coefficient (Wildman–Crippen LogP) is 4.19. The Hall–Kier alpha value is -1.54. The topological polar surface area (TPSA) is 12.0 Å². The zero-order valence-corrected chi connectivity index (χ0v) is 9.55. The van der Waals surface area contributed by atoms with Crippen molar-refractivity contribution < 1.29 is 4.39 Å². The molecule has 0 spiro atoms. The summed E-state index contributed by atoms with van der Waals surface area (Å²) in [5.74, 6) is -0.305. The Morgan fingerprint density at radius 1 is 1.12 bits per heavy atom. The summed E-state index contributed by atoms with van der Waals surface area (Å²) in [5.41, 5.74) is 2.15. The lowest BCUT2D eigenvalue weighted by molar-refractivity contribution is 0.631. The molecule has 0 saturated carbocycles. The van der Waals surface area contributed by atoms with E-state index in [-0.39, 0.29) is 5.82 Å². The highest BCUT2D eigenvalue weighted by Crippen LogP contribution is 2.31. The zero-order valence-electron chi connectivity index (χ0n) is 8.80. The minimum atomic E-state index is -0.305. The van der Waals surface area contributed by atoms with E-state index in [9.17, 15) is 4.39 Å². The first kappa shape index (κ1) is 11.0. The second-order valence-corrected chi connectivity index (χ2v) is 3.83. The van der Waals surface area contributed by atoms with Crippen molar-refractivity contribution >= 4 is 17.3 Å². The van der Waals surface area contributed by atoms with Crippen LogP contribution in [0.25, 0.3) is 11.1 Å². The number of rotatable bonds is 2. The number of nitrogens with one attached hydrogen (secondary N) is 1. The first-order chi connectivity index (χ1) is 7.72. The molecule has 2 aromatic carbocycles. The maximum absolute atomic E-state index is 13.7. The van der Waals surface area contributed by atoms with Crippen LogP contribution in [0.1, 0.15) is 0 Å². The third-order valence-corrected chi connectivity index (χ3v) is 2.72. The van der Waals surface area contributed by atoms with Gasteiger partial charge in [-0.15, -0.1) is 0 Å². The first-order valence-corrected chi connectivity index (χ1v) is 5.32. The van der Waals surface area contributed by atoms with Gasteiger partial charge in [0.25, 0.3) is 0 Å². The number of anilines is 1. The monoisotopic (exact) mass is 235 g/mol. The first-order valence-electron chi connectivity index (χ1n) is 4.94. The van der Waals surface area contributed by atoms with Crippen LogP contribution < -0.4 is 5.32 Å². The van der Waals surface area contributed by atoms with Crippen molar-refractivity contribution in [1.29, 1.82) is 0 Å². The molecule has 0 saturated heterocycles. The fourth-order valence-corrected chi connectivity index (χ4v) is 1.88. The highest BCUT2D eigenvalue weighted by Gasteiger charge is 2.09. The Morgan fingerprint density at radius 3 is 2.56 bits per heavy atom. The van der Waals surface area contributed by atoms with E-state index in [1.165, 1.54) is 6.07 Å².